The van der Waals surface area contributed by atoms with Crippen LogP contribution < -0.4 is 5.32 Å². The van der Waals surface area contributed by atoms with Gasteiger partial charge >= 0.3 is 0 Å². The minimum absolute atomic E-state index is 0.149. The third-order valence-corrected chi connectivity index (χ3v) is 3.07. The average Bonchev–Trinajstić information content (AvgIpc) is 2.08. The molecule has 0 saturated carbocycles. The molecule has 4 nitrogen and oxygen atoms in total. The van der Waals surface area contributed by atoms with Gasteiger partial charge in [-0.25, -0.2) is 0 Å². The summed E-state index contributed by atoms with van der Waals surface area (Å²) < 4.78 is 29.1. The summed E-state index contributed by atoms with van der Waals surface area (Å²) in [6.45, 7) is 5.92. The molecule has 86 valence electrons. The van der Waals surface area contributed by atoms with Crippen LogP contribution in [0.3, 0.4) is 0 Å². The highest BCUT2D eigenvalue weighted by Crippen LogP contribution is 2.04. The van der Waals surface area contributed by atoms with E-state index in [1.165, 1.54) is 6.42 Å². The molecule has 1 atom stereocenters. The molecule has 14 heavy (non-hydrogen) atoms. The van der Waals surface area contributed by atoms with Crippen LogP contribution in [-0.4, -0.2) is 31.8 Å². The van der Waals surface area contributed by atoms with E-state index >= 15 is 0 Å². The Kier molecular flexibility index (Phi) is 7.13. The van der Waals surface area contributed by atoms with Crippen LogP contribution in [0.15, 0.2) is 0 Å². The quantitative estimate of drug-likeness (QED) is 0.480. The van der Waals surface area contributed by atoms with E-state index < -0.39 is 10.1 Å². The number of nitrogens with one attached hydrogen (secondary N) is 1. The molecule has 0 aliphatic heterocycles. The second-order valence-corrected chi connectivity index (χ2v) is 5.26. The highest BCUT2D eigenvalue weighted by Gasteiger charge is 2.03. The Morgan fingerprint density at radius 3 is 2.50 bits per heavy atom. The van der Waals surface area contributed by atoms with E-state index in [4.69, 9.17) is 4.55 Å². The molecule has 0 radical (unpaired) electrons. The summed E-state index contributed by atoms with van der Waals surface area (Å²) in [7, 11) is -3.77. The molecule has 0 rings (SSSR count). The van der Waals surface area contributed by atoms with Crippen molar-refractivity contribution in [3.05, 3.63) is 0 Å². The molecule has 5 heteroatoms. The first-order chi connectivity index (χ1) is 6.45. The molecule has 0 aliphatic rings. The first-order valence-electron chi connectivity index (χ1n) is 5.11. The Balaban J connectivity index is 3.23. The Labute approximate surface area is 86.8 Å². The molecular formula is C9H21NO3S. The number of hydrogen-bond acceptors (Lipinski definition) is 3. The predicted octanol–water partition coefficient (Wildman–Crippen LogP) is 1.29. The highest BCUT2D eigenvalue weighted by molar-refractivity contribution is 7.85. The van der Waals surface area contributed by atoms with Gasteiger partial charge in [0, 0.05) is 0 Å². The maximum absolute atomic E-state index is 10.3. The lowest BCUT2D eigenvalue weighted by Gasteiger charge is -2.08. The molecule has 1 unspecified atom stereocenters. The van der Waals surface area contributed by atoms with Crippen molar-refractivity contribution in [3.8, 4) is 0 Å². The van der Waals surface area contributed by atoms with Crippen LogP contribution in [0.5, 0.6) is 0 Å². The number of hydrogen-bond donors (Lipinski definition) is 2. The van der Waals surface area contributed by atoms with Gasteiger partial charge in [-0.3, -0.25) is 4.55 Å². The topological polar surface area (TPSA) is 66.4 Å². The van der Waals surface area contributed by atoms with E-state index in [9.17, 15) is 8.42 Å². The SMILES string of the molecule is CCC(C)CCNCCCS(=O)(=O)O. The van der Waals surface area contributed by atoms with E-state index in [-0.39, 0.29) is 5.75 Å². The summed E-state index contributed by atoms with van der Waals surface area (Å²) >= 11 is 0. The summed E-state index contributed by atoms with van der Waals surface area (Å²) in [5.41, 5.74) is 0. The summed E-state index contributed by atoms with van der Waals surface area (Å²) in [4.78, 5) is 0. The van der Waals surface area contributed by atoms with Crippen molar-refractivity contribution in [1.82, 2.24) is 5.32 Å². The van der Waals surface area contributed by atoms with Gasteiger partial charge in [-0.2, -0.15) is 8.42 Å². The second-order valence-electron chi connectivity index (χ2n) is 3.69. The van der Waals surface area contributed by atoms with E-state index in [0.29, 0.717) is 18.9 Å². The normalized spacial score (nSPS) is 14.2. The smallest absolute Gasteiger partial charge is 0.264 e. The molecule has 0 saturated heterocycles. The van der Waals surface area contributed by atoms with Gasteiger partial charge in [-0.15, -0.1) is 0 Å². The molecule has 0 amide bonds. The predicted molar refractivity (Wildman–Crippen MR) is 58.0 cm³/mol. The van der Waals surface area contributed by atoms with E-state index in [0.717, 1.165) is 13.0 Å². The molecule has 0 fully saturated rings. The molecular weight excluding hydrogens is 202 g/mol. The zero-order chi connectivity index (χ0) is 11.0. The van der Waals surface area contributed by atoms with Crippen molar-refractivity contribution >= 4 is 10.1 Å². The largest absolute Gasteiger partial charge is 0.317 e. The van der Waals surface area contributed by atoms with Crippen molar-refractivity contribution in [2.45, 2.75) is 33.1 Å². The van der Waals surface area contributed by atoms with Crippen molar-refractivity contribution in [2.24, 2.45) is 5.92 Å². The standard InChI is InChI=1S/C9H21NO3S/c1-3-9(2)5-7-10-6-4-8-14(11,12)13/h9-10H,3-8H2,1-2H3,(H,11,12,13). The maximum atomic E-state index is 10.3. The van der Waals surface area contributed by atoms with E-state index in [1.54, 1.807) is 0 Å². The zero-order valence-electron chi connectivity index (χ0n) is 8.99. The van der Waals surface area contributed by atoms with Gasteiger partial charge in [0.1, 0.15) is 0 Å². The third-order valence-electron chi connectivity index (χ3n) is 2.27. The van der Waals surface area contributed by atoms with Gasteiger partial charge in [0.25, 0.3) is 10.1 Å². The fourth-order valence-electron chi connectivity index (χ4n) is 1.06. The van der Waals surface area contributed by atoms with Gasteiger partial charge in [-0.1, -0.05) is 20.3 Å². The third kappa shape index (κ3) is 9.95. The summed E-state index contributed by atoms with van der Waals surface area (Å²) in [6, 6.07) is 0. The maximum Gasteiger partial charge on any atom is 0.264 e. The van der Waals surface area contributed by atoms with Crippen molar-refractivity contribution in [1.29, 1.82) is 0 Å². The lowest BCUT2D eigenvalue weighted by molar-refractivity contribution is 0.473. The van der Waals surface area contributed by atoms with Gasteiger partial charge in [0.05, 0.1) is 5.75 Å². The van der Waals surface area contributed by atoms with Crippen molar-refractivity contribution < 1.29 is 13.0 Å². The molecule has 0 aromatic rings. The van der Waals surface area contributed by atoms with E-state index in [2.05, 4.69) is 19.2 Å². The van der Waals surface area contributed by atoms with Crippen LogP contribution in [-0.2, 0) is 10.1 Å². The monoisotopic (exact) mass is 223 g/mol. The minimum Gasteiger partial charge on any atom is -0.317 e. The first kappa shape index (κ1) is 13.9. The molecule has 0 heterocycles. The van der Waals surface area contributed by atoms with Crippen LogP contribution in [0.25, 0.3) is 0 Å². The van der Waals surface area contributed by atoms with Crippen molar-refractivity contribution in [2.75, 3.05) is 18.8 Å². The van der Waals surface area contributed by atoms with Crippen LogP contribution >= 0.6 is 0 Å². The Morgan fingerprint density at radius 1 is 1.36 bits per heavy atom. The summed E-state index contributed by atoms with van der Waals surface area (Å²) in [6.07, 6.45) is 2.76. The molecule has 0 aromatic carbocycles. The molecule has 0 aliphatic carbocycles. The van der Waals surface area contributed by atoms with Gasteiger partial charge in [-0.05, 0) is 31.8 Å². The van der Waals surface area contributed by atoms with Gasteiger partial charge in [0.15, 0.2) is 0 Å². The van der Waals surface area contributed by atoms with Crippen LogP contribution in [0, 0.1) is 5.92 Å². The fraction of sp³-hybridized carbons (Fsp3) is 1.00. The van der Waals surface area contributed by atoms with Crippen LogP contribution in [0.2, 0.25) is 0 Å². The average molecular weight is 223 g/mol. The lowest BCUT2D eigenvalue weighted by Crippen LogP contribution is -2.20. The number of rotatable bonds is 8. The first-order valence-corrected chi connectivity index (χ1v) is 6.72. The van der Waals surface area contributed by atoms with Gasteiger partial charge in [0.2, 0.25) is 0 Å². The lowest BCUT2D eigenvalue weighted by atomic mass is 10.1. The molecule has 0 aromatic heterocycles. The van der Waals surface area contributed by atoms with Gasteiger partial charge < -0.3 is 5.32 Å². The van der Waals surface area contributed by atoms with Crippen LogP contribution in [0.1, 0.15) is 33.1 Å². The molecule has 0 bridgehead atoms. The van der Waals surface area contributed by atoms with Crippen LogP contribution in [0.4, 0.5) is 0 Å². The summed E-state index contributed by atoms with van der Waals surface area (Å²) in [5.74, 6) is 0.563. The Bertz CT molecular complexity index is 226. The fourth-order valence-corrected chi connectivity index (χ4v) is 1.57. The Morgan fingerprint density at radius 2 is 2.00 bits per heavy atom. The minimum atomic E-state index is -3.77. The molecule has 2 N–H and O–H groups in total. The summed E-state index contributed by atoms with van der Waals surface area (Å²) in [5, 5.41) is 3.15. The zero-order valence-corrected chi connectivity index (χ0v) is 9.81. The second kappa shape index (κ2) is 7.20. The molecule has 0 spiro atoms. The van der Waals surface area contributed by atoms with Crippen molar-refractivity contribution in [3.63, 3.8) is 0 Å². The highest BCUT2D eigenvalue weighted by atomic mass is 32.2. The Hall–Kier alpha value is -0.130. The van der Waals surface area contributed by atoms with E-state index in [1.807, 2.05) is 0 Å².